The standard InChI is InChI=1S/C12H16ClN3O/c13-10-3-6-15-11(7-10)8-16-12(17)9-1-4-14-5-2-9/h3,6-7,9,14H,1-2,4-5,8H2,(H,16,17). The Morgan fingerprint density at radius 2 is 2.29 bits per heavy atom. The van der Waals surface area contributed by atoms with E-state index < -0.39 is 0 Å². The van der Waals surface area contributed by atoms with Crippen molar-refractivity contribution in [1.29, 1.82) is 0 Å². The monoisotopic (exact) mass is 253 g/mol. The molecule has 0 spiro atoms. The highest BCUT2D eigenvalue weighted by Gasteiger charge is 2.20. The molecule has 92 valence electrons. The molecule has 1 amide bonds. The summed E-state index contributed by atoms with van der Waals surface area (Å²) in [6.07, 6.45) is 3.47. The van der Waals surface area contributed by atoms with Crippen molar-refractivity contribution in [2.45, 2.75) is 19.4 Å². The predicted molar refractivity (Wildman–Crippen MR) is 66.7 cm³/mol. The van der Waals surface area contributed by atoms with Gasteiger partial charge in [0.2, 0.25) is 5.91 Å². The van der Waals surface area contributed by atoms with Crippen LogP contribution < -0.4 is 10.6 Å². The van der Waals surface area contributed by atoms with E-state index in [1.54, 1.807) is 18.3 Å². The van der Waals surface area contributed by atoms with Crippen molar-refractivity contribution in [2.24, 2.45) is 5.92 Å². The summed E-state index contributed by atoms with van der Waals surface area (Å²) in [5.41, 5.74) is 0.791. The van der Waals surface area contributed by atoms with Gasteiger partial charge in [0, 0.05) is 17.1 Å². The van der Waals surface area contributed by atoms with Crippen molar-refractivity contribution >= 4 is 17.5 Å². The largest absolute Gasteiger partial charge is 0.350 e. The van der Waals surface area contributed by atoms with Gasteiger partial charge >= 0.3 is 0 Å². The molecule has 0 aromatic carbocycles. The van der Waals surface area contributed by atoms with Gasteiger partial charge in [0.1, 0.15) is 0 Å². The quantitative estimate of drug-likeness (QED) is 0.855. The SMILES string of the molecule is O=C(NCc1cc(Cl)ccn1)C1CCNCC1. The van der Waals surface area contributed by atoms with Crippen LogP contribution in [0.5, 0.6) is 0 Å². The molecule has 5 heteroatoms. The minimum Gasteiger partial charge on any atom is -0.350 e. The third-order valence-electron chi connectivity index (χ3n) is 2.93. The van der Waals surface area contributed by atoms with E-state index in [0.29, 0.717) is 11.6 Å². The lowest BCUT2D eigenvalue weighted by Crippen LogP contribution is -2.37. The Hall–Kier alpha value is -1.13. The number of rotatable bonds is 3. The number of carbonyl (C=O) groups excluding carboxylic acids is 1. The highest BCUT2D eigenvalue weighted by atomic mass is 35.5. The topological polar surface area (TPSA) is 54.0 Å². The second-order valence-electron chi connectivity index (χ2n) is 4.21. The molecule has 4 nitrogen and oxygen atoms in total. The fraction of sp³-hybridized carbons (Fsp3) is 0.500. The van der Waals surface area contributed by atoms with Crippen molar-refractivity contribution in [3.63, 3.8) is 0 Å². The highest BCUT2D eigenvalue weighted by Crippen LogP contribution is 2.12. The average Bonchev–Trinajstić information content (AvgIpc) is 2.37. The lowest BCUT2D eigenvalue weighted by Gasteiger charge is -2.21. The molecule has 1 fully saturated rings. The predicted octanol–water partition coefficient (Wildman–Crippen LogP) is 1.35. The highest BCUT2D eigenvalue weighted by molar-refractivity contribution is 6.30. The van der Waals surface area contributed by atoms with Crippen LogP contribution in [0.3, 0.4) is 0 Å². The van der Waals surface area contributed by atoms with Crippen LogP contribution in [-0.2, 0) is 11.3 Å². The Balaban J connectivity index is 1.83. The normalized spacial score (nSPS) is 16.8. The van der Waals surface area contributed by atoms with Crippen molar-refractivity contribution in [3.05, 3.63) is 29.0 Å². The first-order valence-electron chi connectivity index (χ1n) is 5.84. The van der Waals surface area contributed by atoms with Gasteiger partial charge in [0.15, 0.2) is 0 Å². The third-order valence-corrected chi connectivity index (χ3v) is 3.17. The number of halogens is 1. The van der Waals surface area contributed by atoms with Crippen LogP contribution >= 0.6 is 11.6 Å². The van der Waals surface area contributed by atoms with E-state index in [1.807, 2.05) is 0 Å². The lowest BCUT2D eigenvalue weighted by molar-refractivity contribution is -0.125. The molecule has 1 saturated heterocycles. The van der Waals surface area contributed by atoms with Crippen LogP contribution in [0.25, 0.3) is 0 Å². The van der Waals surface area contributed by atoms with Gasteiger partial charge in [-0.3, -0.25) is 9.78 Å². The van der Waals surface area contributed by atoms with Crippen LogP contribution in [0.1, 0.15) is 18.5 Å². The molecule has 17 heavy (non-hydrogen) atoms. The van der Waals surface area contributed by atoms with Gasteiger partial charge in [0.25, 0.3) is 0 Å². The molecule has 0 saturated carbocycles. The molecule has 1 aliphatic rings. The van der Waals surface area contributed by atoms with Crippen molar-refractivity contribution in [3.8, 4) is 0 Å². The van der Waals surface area contributed by atoms with Crippen molar-refractivity contribution in [1.82, 2.24) is 15.6 Å². The summed E-state index contributed by atoms with van der Waals surface area (Å²) in [6, 6.07) is 3.49. The molecule has 0 bridgehead atoms. The average molecular weight is 254 g/mol. The molecule has 2 rings (SSSR count). The zero-order chi connectivity index (χ0) is 12.1. The summed E-state index contributed by atoms with van der Waals surface area (Å²) in [5.74, 6) is 0.253. The zero-order valence-corrected chi connectivity index (χ0v) is 10.3. The van der Waals surface area contributed by atoms with Crippen molar-refractivity contribution in [2.75, 3.05) is 13.1 Å². The molecular weight excluding hydrogens is 238 g/mol. The number of hydrogen-bond acceptors (Lipinski definition) is 3. The molecule has 1 aliphatic heterocycles. The second kappa shape index (κ2) is 5.98. The summed E-state index contributed by atoms with van der Waals surface area (Å²) in [6.45, 7) is 2.30. The second-order valence-corrected chi connectivity index (χ2v) is 4.64. The Labute approximate surface area is 106 Å². The first-order valence-corrected chi connectivity index (χ1v) is 6.22. The minimum atomic E-state index is 0.119. The maximum atomic E-state index is 11.9. The number of aromatic nitrogens is 1. The minimum absolute atomic E-state index is 0.119. The summed E-state index contributed by atoms with van der Waals surface area (Å²) in [4.78, 5) is 16.0. The maximum Gasteiger partial charge on any atom is 0.223 e. The first kappa shape index (κ1) is 12.3. The van der Waals surface area contributed by atoms with Gasteiger partial charge in [-0.25, -0.2) is 0 Å². The fourth-order valence-electron chi connectivity index (χ4n) is 1.95. The van der Waals surface area contributed by atoms with E-state index >= 15 is 0 Å². The number of piperidine rings is 1. The number of hydrogen-bond donors (Lipinski definition) is 2. The molecular formula is C12H16ClN3O. The Bertz CT molecular complexity index is 391. The lowest BCUT2D eigenvalue weighted by atomic mass is 9.97. The molecule has 0 unspecified atom stereocenters. The number of nitrogens with one attached hydrogen (secondary N) is 2. The molecule has 2 N–H and O–H groups in total. The molecule has 1 aromatic heterocycles. The van der Waals surface area contributed by atoms with Crippen LogP contribution in [0, 0.1) is 5.92 Å². The van der Waals surface area contributed by atoms with E-state index in [9.17, 15) is 4.79 Å². The molecule has 2 heterocycles. The van der Waals surface area contributed by atoms with Gasteiger partial charge in [-0.1, -0.05) is 11.6 Å². The summed E-state index contributed by atoms with van der Waals surface area (Å²) >= 11 is 5.85. The summed E-state index contributed by atoms with van der Waals surface area (Å²) in [7, 11) is 0. The van der Waals surface area contributed by atoms with Crippen LogP contribution in [-0.4, -0.2) is 24.0 Å². The van der Waals surface area contributed by atoms with Crippen LogP contribution in [0.2, 0.25) is 5.02 Å². The van der Waals surface area contributed by atoms with Gasteiger partial charge in [-0.15, -0.1) is 0 Å². The third kappa shape index (κ3) is 3.68. The number of amides is 1. The number of carbonyl (C=O) groups is 1. The number of nitrogens with zero attached hydrogens (tertiary/aromatic N) is 1. The van der Waals surface area contributed by atoms with Crippen LogP contribution in [0.15, 0.2) is 18.3 Å². The van der Waals surface area contributed by atoms with E-state index in [1.165, 1.54) is 0 Å². The summed E-state index contributed by atoms with van der Waals surface area (Å²) < 4.78 is 0. The molecule has 0 aliphatic carbocycles. The van der Waals surface area contributed by atoms with E-state index in [2.05, 4.69) is 15.6 Å². The maximum absolute atomic E-state index is 11.9. The van der Waals surface area contributed by atoms with E-state index in [-0.39, 0.29) is 11.8 Å². The van der Waals surface area contributed by atoms with Gasteiger partial charge < -0.3 is 10.6 Å². The Kier molecular flexibility index (Phi) is 4.34. The van der Waals surface area contributed by atoms with E-state index in [4.69, 9.17) is 11.6 Å². The van der Waals surface area contributed by atoms with Gasteiger partial charge in [0.05, 0.1) is 12.2 Å². The molecule has 0 radical (unpaired) electrons. The Morgan fingerprint density at radius 3 is 3.00 bits per heavy atom. The molecule has 1 aromatic rings. The van der Waals surface area contributed by atoms with Gasteiger partial charge in [-0.2, -0.15) is 0 Å². The number of pyridine rings is 1. The Morgan fingerprint density at radius 1 is 1.53 bits per heavy atom. The van der Waals surface area contributed by atoms with Crippen LogP contribution in [0.4, 0.5) is 0 Å². The smallest absolute Gasteiger partial charge is 0.223 e. The van der Waals surface area contributed by atoms with Gasteiger partial charge in [-0.05, 0) is 38.1 Å². The fourth-order valence-corrected chi connectivity index (χ4v) is 2.13. The summed E-state index contributed by atoms with van der Waals surface area (Å²) in [5, 5.41) is 6.79. The van der Waals surface area contributed by atoms with E-state index in [0.717, 1.165) is 31.6 Å². The first-order chi connectivity index (χ1) is 8.25. The zero-order valence-electron chi connectivity index (χ0n) is 9.58. The molecule has 0 atom stereocenters. The van der Waals surface area contributed by atoms with Crippen molar-refractivity contribution < 1.29 is 4.79 Å².